The Kier molecular flexibility index (Phi) is 7.03. The maximum Gasteiger partial charge on any atom is 0.247 e. The lowest BCUT2D eigenvalue weighted by Gasteiger charge is -2.33. The van der Waals surface area contributed by atoms with Gasteiger partial charge in [-0.05, 0) is 56.1 Å². The summed E-state index contributed by atoms with van der Waals surface area (Å²) in [6.45, 7) is 9.34. The second-order valence-corrected chi connectivity index (χ2v) is 9.68. The van der Waals surface area contributed by atoms with Gasteiger partial charge in [-0.15, -0.1) is 11.3 Å². The number of rotatable bonds is 7. The third kappa shape index (κ3) is 5.84. The summed E-state index contributed by atoms with van der Waals surface area (Å²) in [7, 11) is 2.14. The minimum absolute atomic E-state index is 0.234. The Morgan fingerprint density at radius 3 is 2.59 bits per heavy atom. The molecular formula is C22H25N7OS2. The summed E-state index contributed by atoms with van der Waals surface area (Å²) in [6, 6.07) is 9.57. The van der Waals surface area contributed by atoms with Gasteiger partial charge in [0.1, 0.15) is 11.6 Å². The molecule has 0 saturated carbocycles. The van der Waals surface area contributed by atoms with Gasteiger partial charge >= 0.3 is 0 Å². The number of anilines is 4. The highest BCUT2D eigenvalue weighted by Crippen LogP contribution is 2.31. The lowest BCUT2D eigenvalue weighted by Crippen LogP contribution is -2.44. The molecule has 3 heterocycles. The van der Waals surface area contributed by atoms with E-state index in [1.807, 2.05) is 43.5 Å². The monoisotopic (exact) mass is 467 g/mol. The van der Waals surface area contributed by atoms with Crippen LogP contribution in [0, 0.1) is 6.92 Å². The van der Waals surface area contributed by atoms with E-state index >= 15 is 0 Å². The molecule has 166 valence electrons. The average molecular weight is 468 g/mol. The van der Waals surface area contributed by atoms with E-state index < -0.39 is 0 Å². The Hall–Kier alpha value is -2.95. The van der Waals surface area contributed by atoms with Gasteiger partial charge in [0.15, 0.2) is 10.3 Å². The Balaban J connectivity index is 1.56. The van der Waals surface area contributed by atoms with E-state index in [0.29, 0.717) is 10.8 Å². The molecule has 0 unspecified atom stereocenters. The van der Waals surface area contributed by atoms with Crippen molar-refractivity contribution in [1.82, 2.24) is 19.9 Å². The van der Waals surface area contributed by atoms with Crippen LogP contribution in [0.25, 0.3) is 0 Å². The third-order valence-electron chi connectivity index (χ3n) is 4.89. The van der Waals surface area contributed by atoms with Gasteiger partial charge in [-0.3, -0.25) is 4.79 Å². The normalized spacial score (nSPS) is 14.2. The molecule has 0 radical (unpaired) electrons. The van der Waals surface area contributed by atoms with Gasteiger partial charge < -0.3 is 20.4 Å². The number of piperazine rings is 1. The van der Waals surface area contributed by atoms with Crippen LogP contribution in [0.2, 0.25) is 0 Å². The van der Waals surface area contributed by atoms with Gasteiger partial charge in [-0.2, -0.15) is 0 Å². The summed E-state index contributed by atoms with van der Waals surface area (Å²) in [5.74, 6) is 1.39. The topological polar surface area (TPSA) is 86.3 Å². The first-order valence-corrected chi connectivity index (χ1v) is 11.8. The maximum atomic E-state index is 11.5. The Morgan fingerprint density at radius 1 is 1.19 bits per heavy atom. The summed E-state index contributed by atoms with van der Waals surface area (Å²) in [6.07, 6.45) is 3.09. The second-order valence-electron chi connectivity index (χ2n) is 7.41. The molecule has 10 heteroatoms. The van der Waals surface area contributed by atoms with Gasteiger partial charge in [0, 0.05) is 53.9 Å². The zero-order valence-electron chi connectivity index (χ0n) is 18.0. The number of thiazole rings is 1. The molecule has 8 nitrogen and oxygen atoms in total. The lowest BCUT2D eigenvalue weighted by atomic mass is 10.3. The zero-order chi connectivity index (χ0) is 22.5. The number of aromatic nitrogens is 3. The molecule has 32 heavy (non-hydrogen) atoms. The zero-order valence-corrected chi connectivity index (χ0v) is 19.7. The van der Waals surface area contributed by atoms with E-state index in [1.54, 1.807) is 11.3 Å². The summed E-state index contributed by atoms with van der Waals surface area (Å²) < 4.78 is 0. The molecule has 0 bridgehead atoms. The van der Waals surface area contributed by atoms with Gasteiger partial charge in [-0.1, -0.05) is 6.58 Å². The Bertz CT molecular complexity index is 1090. The highest BCUT2D eigenvalue weighted by Gasteiger charge is 2.18. The number of nitrogens with one attached hydrogen (secondary N) is 2. The van der Waals surface area contributed by atoms with Gasteiger partial charge in [0.05, 0.1) is 0 Å². The first-order chi connectivity index (χ1) is 15.5. The molecule has 2 aromatic heterocycles. The molecule has 2 N–H and O–H groups in total. The number of hydrogen-bond acceptors (Lipinski definition) is 9. The fraction of sp³-hybridized carbons (Fsp3) is 0.273. The standard InChI is InChI=1S/C22H25N7OS2/c1-4-20(30)24-16-5-7-17(8-6-16)32-22-26-18(25-21-23-14-15(2)31-21)13-19(27-22)29-11-9-28(3)10-12-29/h4-8,13-14H,1,9-12H2,2-3H3,(H,24,30)(H,23,25,26,27). The van der Waals surface area contributed by atoms with Crippen LogP contribution in [0.5, 0.6) is 0 Å². The van der Waals surface area contributed by atoms with Crippen molar-refractivity contribution in [2.75, 3.05) is 48.8 Å². The van der Waals surface area contributed by atoms with Gasteiger partial charge in [0.25, 0.3) is 0 Å². The van der Waals surface area contributed by atoms with Crippen molar-refractivity contribution in [1.29, 1.82) is 0 Å². The highest BCUT2D eigenvalue weighted by atomic mass is 32.2. The first kappa shape index (κ1) is 22.3. The predicted molar refractivity (Wildman–Crippen MR) is 131 cm³/mol. The van der Waals surface area contributed by atoms with Crippen molar-refractivity contribution >= 4 is 51.5 Å². The molecule has 1 aliphatic rings. The summed E-state index contributed by atoms with van der Waals surface area (Å²) >= 11 is 3.07. The molecule has 1 aromatic carbocycles. The molecule has 1 fully saturated rings. The van der Waals surface area contributed by atoms with Crippen LogP contribution in [0.1, 0.15) is 4.88 Å². The van der Waals surface area contributed by atoms with Gasteiger partial charge in [-0.25, -0.2) is 15.0 Å². The molecule has 0 atom stereocenters. The fourth-order valence-electron chi connectivity index (χ4n) is 3.15. The molecular weight excluding hydrogens is 442 g/mol. The maximum absolute atomic E-state index is 11.5. The summed E-state index contributed by atoms with van der Waals surface area (Å²) in [4.78, 5) is 32.1. The van der Waals surface area contributed by atoms with E-state index in [1.165, 1.54) is 17.8 Å². The Morgan fingerprint density at radius 2 is 1.94 bits per heavy atom. The summed E-state index contributed by atoms with van der Waals surface area (Å²) in [5, 5.41) is 7.54. The van der Waals surface area contributed by atoms with Crippen molar-refractivity contribution < 1.29 is 4.79 Å². The van der Waals surface area contributed by atoms with Crippen LogP contribution in [-0.2, 0) is 4.79 Å². The highest BCUT2D eigenvalue weighted by molar-refractivity contribution is 7.99. The molecule has 0 spiro atoms. The van der Waals surface area contributed by atoms with Crippen LogP contribution in [0.4, 0.5) is 22.5 Å². The largest absolute Gasteiger partial charge is 0.354 e. The summed E-state index contributed by atoms with van der Waals surface area (Å²) in [5.41, 5.74) is 0.716. The van der Waals surface area contributed by atoms with Crippen LogP contribution in [0.3, 0.4) is 0 Å². The van der Waals surface area contributed by atoms with E-state index in [9.17, 15) is 4.79 Å². The van der Waals surface area contributed by atoms with Gasteiger partial charge in [0.2, 0.25) is 5.91 Å². The van der Waals surface area contributed by atoms with Crippen LogP contribution >= 0.6 is 23.1 Å². The third-order valence-corrected chi connectivity index (χ3v) is 6.59. The molecule has 1 saturated heterocycles. The minimum Gasteiger partial charge on any atom is -0.354 e. The number of amides is 1. The molecule has 4 rings (SSSR count). The number of hydrogen-bond donors (Lipinski definition) is 2. The molecule has 1 amide bonds. The SMILES string of the molecule is C=CC(=O)Nc1ccc(Sc2nc(Nc3ncc(C)s3)cc(N3CCN(C)CC3)n2)cc1. The van der Waals surface area contributed by atoms with E-state index in [4.69, 9.17) is 9.97 Å². The quantitative estimate of drug-likeness (QED) is 0.398. The van der Waals surface area contributed by atoms with E-state index in [-0.39, 0.29) is 5.91 Å². The van der Waals surface area contributed by atoms with Crippen molar-refractivity contribution in [3.05, 3.63) is 54.1 Å². The average Bonchev–Trinajstić information content (AvgIpc) is 3.19. The van der Waals surface area contributed by atoms with Crippen LogP contribution < -0.4 is 15.5 Å². The fourth-order valence-corrected chi connectivity index (χ4v) is 4.58. The number of aryl methyl sites for hydroxylation is 1. The molecule has 0 aliphatic carbocycles. The number of nitrogens with zero attached hydrogens (tertiary/aromatic N) is 5. The number of carbonyl (C=O) groups excluding carboxylic acids is 1. The second kappa shape index (κ2) is 10.1. The van der Waals surface area contributed by atoms with Crippen LogP contribution in [-0.4, -0.2) is 59.0 Å². The van der Waals surface area contributed by atoms with Crippen molar-refractivity contribution in [2.24, 2.45) is 0 Å². The van der Waals surface area contributed by atoms with Crippen molar-refractivity contribution in [3.8, 4) is 0 Å². The Labute approximate surface area is 195 Å². The van der Waals surface area contributed by atoms with Crippen molar-refractivity contribution in [2.45, 2.75) is 17.0 Å². The predicted octanol–water partition coefficient (Wildman–Crippen LogP) is 4.01. The molecule has 3 aromatic rings. The number of benzene rings is 1. The number of likely N-dealkylation sites (N-methyl/N-ethyl adjacent to an activating group) is 1. The van der Waals surface area contributed by atoms with Crippen molar-refractivity contribution in [3.63, 3.8) is 0 Å². The van der Waals surface area contributed by atoms with E-state index in [2.05, 4.69) is 39.0 Å². The van der Waals surface area contributed by atoms with E-state index in [0.717, 1.165) is 52.7 Å². The van der Waals surface area contributed by atoms with Crippen LogP contribution in [0.15, 0.2) is 59.2 Å². The first-order valence-electron chi connectivity index (χ1n) is 10.2. The lowest BCUT2D eigenvalue weighted by molar-refractivity contribution is -0.111. The smallest absolute Gasteiger partial charge is 0.247 e. The minimum atomic E-state index is -0.234. The number of carbonyl (C=O) groups is 1. The molecule has 1 aliphatic heterocycles.